The maximum absolute atomic E-state index is 13.4. The second-order valence-electron chi connectivity index (χ2n) is 11.5. The van der Waals surface area contributed by atoms with Crippen molar-refractivity contribution in [2.24, 2.45) is 5.73 Å². The molecule has 0 aliphatic carbocycles. The Bertz CT molecular complexity index is 1340. The van der Waals surface area contributed by atoms with Gasteiger partial charge < -0.3 is 42.3 Å². The molecule has 0 aliphatic heterocycles. The van der Waals surface area contributed by atoms with Crippen LogP contribution in [-0.2, 0) is 24.0 Å². The molecule has 2 amide bonds. The molecule has 0 spiro atoms. The van der Waals surface area contributed by atoms with Gasteiger partial charge in [0.15, 0.2) is 0 Å². The summed E-state index contributed by atoms with van der Waals surface area (Å²) in [6, 6.07) is 19.2. The fourth-order valence-electron chi connectivity index (χ4n) is 4.18. The monoisotopic (exact) mass is 837 g/mol. The molecule has 0 saturated heterocycles. The number of alkyl halides is 9. The molecule has 0 aromatic heterocycles. The highest BCUT2D eigenvalue weighted by atomic mass is 19.4. The highest BCUT2D eigenvalue weighted by molar-refractivity contribution is 5.89. The van der Waals surface area contributed by atoms with E-state index in [4.69, 9.17) is 35.4 Å². The first-order valence-electron chi connectivity index (χ1n) is 17.2. The average molecular weight is 838 g/mol. The number of nitrogens with one attached hydrogen (secondary N) is 4. The molecule has 2 aromatic rings. The minimum absolute atomic E-state index is 0.103. The Morgan fingerprint density at radius 1 is 0.596 bits per heavy atom. The minimum atomic E-state index is -5.08. The Balaban J connectivity index is 0. The number of carboxylic acid groups (broad SMARTS) is 3. The molecule has 0 radical (unpaired) electrons. The van der Waals surface area contributed by atoms with Crippen LogP contribution in [0.1, 0.15) is 62.5 Å². The molecule has 13 nitrogen and oxygen atoms in total. The van der Waals surface area contributed by atoms with Crippen molar-refractivity contribution in [3.05, 3.63) is 71.8 Å². The van der Waals surface area contributed by atoms with Gasteiger partial charge in [-0.2, -0.15) is 39.5 Å². The molecule has 0 saturated carbocycles. The SMILES string of the molecule is CCCC(=O)NC(C(=O)NCCCNCCCCNCCCN)C(c1ccccc1)c1ccccc1.O=C(O)C(F)(F)F.O=C(O)C(F)(F)F.O=C(O)C(F)(F)F. The largest absolute Gasteiger partial charge is 0.490 e. The summed E-state index contributed by atoms with van der Waals surface area (Å²) in [7, 11) is 0. The van der Waals surface area contributed by atoms with Gasteiger partial charge in [0, 0.05) is 18.9 Å². The van der Waals surface area contributed by atoms with Gasteiger partial charge in [-0.15, -0.1) is 0 Å². The van der Waals surface area contributed by atoms with Crippen LogP contribution in [0.3, 0.4) is 0 Å². The molecule has 1 atom stereocenters. The number of nitrogens with two attached hydrogens (primary N) is 1. The number of unbranched alkanes of at least 4 members (excludes halogenated alkanes) is 1. The lowest BCUT2D eigenvalue weighted by Gasteiger charge is -2.28. The van der Waals surface area contributed by atoms with Crippen molar-refractivity contribution in [3.8, 4) is 0 Å². The van der Waals surface area contributed by atoms with Gasteiger partial charge in [0.2, 0.25) is 11.8 Å². The summed E-state index contributed by atoms with van der Waals surface area (Å²) in [6.45, 7) is 7.07. The van der Waals surface area contributed by atoms with Crippen molar-refractivity contribution < 1.29 is 78.8 Å². The lowest BCUT2D eigenvalue weighted by molar-refractivity contribution is -0.193. The predicted octanol–water partition coefficient (Wildman–Crippen LogP) is 4.82. The summed E-state index contributed by atoms with van der Waals surface area (Å²) in [4.78, 5) is 52.7. The molecule has 1 unspecified atom stereocenters. The van der Waals surface area contributed by atoms with Crippen LogP contribution in [0.25, 0.3) is 0 Å². The Labute approximate surface area is 322 Å². The highest BCUT2D eigenvalue weighted by Crippen LogP contribution is 2.28. The summed E-state index contributed by atoms with van der Waals surface area (Å²) in [5, 5.41) is 34.3. The van der Waals surface area contributed by atoms with Gasteiger partial charge in [-0.1, -0.05) is 67.6 Å². The van der Waals surface area contributed by atoms with E-state index in [1.165, 1.54) is 0 Å². The third-order valence-corrected chi connectivity index (χ3v) is 6.80. The zero-order chi connectivity index (χ0) is 44.1. The molecule has 0 bridgehead atoms. The molecule has 9 N–H and O–H groups in total. The first-order valence-corrected chi connectivity index (χ1v) is 17.2. The summed E-state index contributed by atoms with van der Waals surface area (Å²) in [6.07, 6.45) is -10.0. The molecule has 2 aromatic carbocycles. The summed E-state index contributed by atoms with van der Waals surface area (Å²) in [5.41, 5.74) is 7.49. The smallest absolute Gasteiger partial charge is 0.475 e. The summed E-state index contributed by atoms with van der Waals surface area (Å²) < 4.78 is 95.2. The molecule has 0 heterocycles. The zero-order valence-corrected chi connectivity index (χ0v) is 30.8. The van der Waals surface area contributed by atoms with Gasteiger partial charge >= 0.3 is 36.4 Å². The Morgan fingerprint density at radius 3 is 1.28 bits per heavy atom. The lowest BCUT2D eigenvalue weighted by Crippen LogP contribution is -2.50. The van der Waals surface area contributed by atoms with Crippen molar-refractivity contribution in [1.29, 1.82) is 0 Å². The first kappa shape index (κ1) is 54.1. The molecule has 22 heteroatoms. The number of hydrogen-bond donors (Lipinski definition) is 8. The summed E-state index contributed by atoms with van der Waals surface area (Å²) >= 11 is 0. The number of carbonyl (C=O) groups is 5. The molecule has 0 fully saturated rings. The van der Waals surface area contributed by atoms with E-state index in [0.29, 0.717) is 13.0 Å². The number of rotatable bonds is 19. The third kappa shape index (κ3) is 28.1. The van der Waals surface area contributed by atoms with E-state index in [9.17, 15) is 49.1 Å². The van der Waals surface area contributed by atoms with E-state index < -0.39 is 42.5 Å². The maximum atomic E-state index is 13.4. The topological polar surface area (TPSA) is 220 Å². The van der Waals surface area contributed by atoms with Crippen LogP contribution < -0.4 is 27.0 Å². The number of carboxylic acids is 3. The number of benzene rings is 2. The van der Waals surface area contributed by atoms with E-state index in [1.807, 2.05) is 67.6 Å². The van der Waals surface area contributed by atoms with E-state index in [0.717, 1.165) is 76.0 Å². The average Bonchev–Trinajstić information content (AvgIpc) is 3.12. The highest BCUT2D eigenvalue weighted by Gasteiger charge is 2.39. The third-order valence-electron chi connectivity index (χ3n) is 6.80. The molecule has 57 heavy (non-hydrogen) atoms. The Morgan fingerprint density at radius 2 is 0.947 bits per heavy atom. The van der Waals surface area contributed by atoms with Gasteiger partial charge in [-0.05, 0) is 76.0 Å². The van der Waals surface area contributed by atoms with E-state index in [-0.39, 0.29) is 17.7 Å². The zero-order valence-electron chi connectivity index (χ0n) is 30.8. The van der Waals surface area contributed by atoms with Crippen LogP contribution in [0.2, 0.25) is 0 Å². The minimum Gasteiger partial charge on any atom is -0.475 e. The van der Waals surface area contributed by atoms with Gasteiger partial charge in [-0.25, -0.2) is 14.4 Å². The normalized spacial score (nSPS) is 11.6. The van der Waals surface area contributed by atoms with Crippen LogP contribution in [-0.4, -0.2) is 109 Å². The number of hydrogen-bond acceptors (Lipinski definition) is 8. The van der Waals surface area contributed by atoms with Crippen molar-refractivity contribution in [2.75, 3.05) is 39.3 Å². The van der Waals surface area contributed by atoms with Crippen LogP contribution in [0.15, 0.2) is 60.7 Å². The molecule has 324 valence electrons. The molecular weight excluding hydrogens is 789 g/mol. The number of halogens is 9. The molecule has 0 aliphatic rings. The quantitative estimate of drug-likeness (QED) is 0.0709. The predicted molar refractivity (Wildman–Crippen MR) is 189 cm³/mol. The number of aliphatic carboxylic acids is 3. The van der Waals surface area contributed by atoms with Crippen molar-refractivity contribution in [1.82, 2.24) is 21.3 Å². The number of amides is 2. The number of carbonyl (C=O) groups excluding carboxylic acids is 2. The van der Waals surface area contributed by atoms with Crippen molar-refractivity contribution in [2.45, 2.75) is 75.9 Å². The van der Waals surface area contributed by atoms with Crippen LogP contribution >= 0.6 is 0 Å². The van der Waals surface area contributed by atoms with E-state index in [1.54, 1.807) is 0 Å². The standard InChI is InChI=1S/C29H45N5O2.3C2HF3O2/c1-2-13-26(35)34-28(27(24-14-5-3-6-15-24)25-16-7-4-8-17-25)29(36)33-23-12-22-32-20-10-9-19-31-21-11-18-30;3*3-2(4,5)1(6)7/h3-8,14-17,27-28,31-32H,2,9-13,18-23,30H2,1H3,(H,33,36)(H,34,35);3*(H,6,7). The molecular formula is C35H48F9N5O8. The Hall–Kier alpha value is -4.96. The second-order valence-corrected chi connectivity index (χ2v) is 11.5. The fraction of sp³-hybridized carbons (Fsp3) is 0.514. The van der Waals surface area contributed by atoms with Crippen LogP contribution in [0.4, 0.5) is 39.5 Å². The van der Waals surface area contributed by atoms with Crippen LogP contribution in [0, 0.1) is 0 Å². The van der Waals surface area contributed by atoms with Gasteiger partial charge in [0.05, 0.1) is 0 Å². The van der Waals surface area contributed by atoms with Gasteiger partial charge in [0.25, 0.3) is 0 Å². The fourth-order valence-corrected chi connectivity index (χ4v) is 4.18. The maximum Gasteiger partial charge on any atom is 0.490 e. The van der Waals surface area contributed by atoms with Gasteiger partial charge in [0.1, 0.15) is 6.04 Å². The van der Waals surface area contributed by atoms with Gasteiger partial charge in [-0.3, -0.25) is 9.59 Å². The van der Waals surface area contributed by atoms with Crippen LogP contribution in [0.5, 0.6) is 0 Å². The van der Waals surface area contributed by atoms with Crippen molar-refractivity contribution >= 4 is 29.7 Å². The first-order chi connectivity index (χ1) is 26.5. The van der Waals surface area contributed by atoms with E-state index >= 15 is 0 Å². The Kier molecular flexibility index (Phi) is 27.8. The second kappa shape index (κ2) is 29.3. The lowest BCUT2D eigenvalue weighted by atomic mass is 9.84. The van der Waals surface area contributed by atoms with E-state index in [2.05, 4.69) is 21.3 Å². The van der Waals surface area contributed by atoms with Crippen molar-refractivity contribution in [3.63, 3.8) is 0 Å². The molecule has 2 rings (SSSR count). The summed E-state index contributed by atoms with van der Waals surface area (Å²) in [5.74, 6) is -8.80.